The fraction of sp³-hybridized carbons (Fsp3) is 0.280. The van der Waals surface area contributed by atoms with Crippen molar-refractivity contribution in [3.8, 4) is 0 Å². The van der Waals surface area contributed by atoms with Crippen molar-refractivity contribution < 1.29 is 0 Å². The second-order valence-corrected chi connectivity index (χ2v) is 6.79. The molecule has 0 spiro atoms. The van der Waals surface area contributed by atoms with Crippen molar-refractivity contribution in [2.45, 2.75) is 40.5 Å². The van der Waals surface area contributed by atoms with Crippen LogP contribution in [0, 0.1) is 5.92 Å². The highest BCUT2D eigenvalue weighted by Crippen LogP contribution is 2.18. The van der Waals surface area contributed by atoms with Gasteiger partial charge in [-0.15, -0.1) is 0 Å². The highest BCUT2D eigenvalue weighted by molar-refractivity contribution is 5.72. The third-order valence-corrected chi connectivity index (χ3v) is 4.02. The van der Waals surface area contributed by atoms with Gasteiger partial charge in [0.15, 0.2) is 0 Å². The molecule has 0 fully saturated rings. The highest BCUT2D eigenvalue weighted by atomic mass is 14.0. The van der Waals surface area contributed by atoms with E-state index in [1.165, 1.54) is 23.1 Å². The van der Waals surface area contributed by atoms with Gasteiger partial charge in [-0.1, -0.05) is 99.4 Å². The molecule has 0 N–H and O–H groups in total. The molecule has 0 heterocycles. The molecule has 1 rings (SSSR count). The Labute approximate surface area is 154 Å². The molecule has 0 amide bonds. The lowest BCUT2D eigenvalue weighted by molar-refractivity contribution is 0.588. The number of allylic oxidation sites excluding steroid dienone is 10. The second kappa shape index (κ2) is 11.3. The molecular weight excluding hydrogens is 300 g/mol. The van der Waals surface area contributed by atoms with E-state index in [9.17, 15) is 0 Å². The Bertz CT molecular complexity index is 676. The average molecular weight is 333 g/mol. The van der Waals surface area contributed by atoms with Gasteiger partial charge in [-0.05, 0) is 54.9 Å². The molecule has 0 unspecified atom stereocenters. The first-order valence-corrected chi connectivity index (χ1v) is 9.06. The molecule has 132 valence electrons. The molecule has 0 saturated carbocycles. The van der Waals surface area contributed by atoms with Crippen molar-refractivity contribution >= 4 is 5.57 Å². The van der Waals surface area contributed by atoms with E-state index < -0.39 is 0 Å². The van der Waals surface area contributed by atoms with Gasteiger partial charge in [0.05, 0.1) is 0 Å². The van der Waals surface area contributed by atoms with E-state index in [0.717, 1.165) is 17.6 Å². The van der Waals surface area contributed by atoms with Gasteiger partial charge in [-0.2, -0.15) is 0 Å². The minimum absolute atomic E-state index is 0.707. The van der Waals surface area contributed by atoms with Crippen LogP contribution in [0.3, 0.4) is 0 Å². The van der Waals surface area contributed by atoms with Crippen LogP contribution in [-0.2, 0) is 0 Å². The SMILES string of the molecule is C=C(C=CC(C=CC(=C)c1ccccc1)=C(C)C=CC)CCC(C)C. The minimum atomic E-state index is 0.707. The van der Waals surface area contributed by atoms with E-state index in [4.69, 9.17) is 0 Å². The van der Waals surface area contributed by atoms with Crippen LogP contribution in [0.1, 0.15) is 46.1 Å². The smallest absolute Gasteiger partial charge is 0.0190 e. The second-order valence-electron chi connectivity index (χ2n) is 6.79. The van der Waals surface area contributed by atoms with Gasteiger partial charge in [0.25, 0.3) is 0 Å². The first kappa shape index (κ1) is 20.7. The quantitative estimate of drug-likeness (QED) is 0.406. The third-order valence-electron chi connectivity index (χ3n) is 4.02. The van der Waals surface area contributed by atoms with Crippen molar-refractivity contribution in [1.29, 1.82) is 0 Å². The van der Waals surface area contributed by atoms with Gasteiger partial charge < -0.3 is 0 Å². The molecule has 0 aliphatic heterocycles. The Balaban J connectivity index is 2.91. The summed E-state index contributed by atoms with van der Waals surface area (Å²) in [5.74, 6) is 0.707. The van der Waals surface area contributed by atoms with Crippen LogP contribution in [0.25, 0.3) is 5.57 Å². The first-order valence-electron chi connectivity index (χ1n) is 9.06. The molecule has 0 heteroatoms. The van der Waals surface area contributed by atoms with Crippen LogP contribution >= 0.6 is 0 Å². The van der Waals surface area contributed by atoms with E-state index in [-0.39, 0.29) is 0 Å². The minimum Gasteiger partial charge on any atom is -0.0958 e. The molecule has 0 bridgehead atoms. The van der Waals surface area contributed by atoms with E-state index >= 15 is 0 Å². The van der Waals surface area contributed by atoms with E-state index in [2.05, 4.69) is 82.5 Å². The monoisotopic (exact) mass is 332 g/mol. The van der Waals surface area contributed by atoms with Crippen LogP contribution in [0.4, 0.5) is 0 Å². The molecule has 0 radical (unpaired) electrons. The summed E-state index contributed by atoms with van der Waals surface area (Å²) >= 11 is 0. The summed E-state index contributed by atoms with van der Waals surface area (Å²) in [4.78, 5) is 0. The van der Waals surface area contributed by atoms with E-state index in [1.807, 2.05) is 25.1 Å². The highest BCUT2D eigenvalue weighted by Gasteiger charge is 1.98. The molecule has 25 heavy (non-hydrogen) atoms. The zero-order chi connectivity index (χ0) is 18.7. The predicted molar refractivity (Wildman–Crippen MR) is 114 cm³/mol. The van der Waals surface area contributed by atoms with Crippen molar-refractivity contribution in [1.82, 2.24) is 0 Å². The summed E-state index contributed by atoms with van der Waals surface area (Å²) in [6.07, 6.45) is 14.9. The summed E-state index contributed by atoms with van der Waals surface area (Å²) < 4.78 is 0. The van der Waals surface area contributed by atoms with Gasteiger partial charge >= 0.3 is 0 Å². The maximum absolute atomic E-state index is 4.18. The van der Waals surface area contributed by atoms with E-state index in [0.29, 0.717) is 5.92 Å². The van der Waals surface area contributed by atoms with Crippen molar-refractivity contribution in [3.63, 3.8) is 0 Å². The lowest BCUT2D eigenvalue weighted by atomic mass is 10.0. The van der Waals surface area contributed by atoms with Gasteiger partial charge in [0.2, 0.25) is 0 Å². The maximum atomic E-state index is 4.18. The van der Waals surface area contributed by atoms with Gasteiger partial charge in [0.1, 0.15) is 0 Å². The molecule has 0 aromatic heterocycles. The van der Waals surface area contributed by atoms with Crippen molar-refractivity contribution in [2.24, 2.45) is 5.92 Å². The summed E-state index contributed by atoms with van der Waals surface area (Å²) in [5, 5.41) is 0. The number of benzene rings is 1. The molecular formula is C25H32. The van der Waals surface area contributed by atoms with E-state index in [1.54, 1.807) is 0 Å². The van der Waals surface area contributed by atoms with Gasteiger partial charge in [-0.25, -0.2) is 0 Å². The Morgan fingerprint density at radius 1 is 0.960 bits per heavy atom. The molecule has 0 nitrogen and oxygen atoms in total. The number of hydrogen-bond donors (Lipinski definition) is 0. The molecule has 0 aliphatic carbocycles. The molecule has 0 saturated heterocycles. The van der Waals surface area contributed by atoms with Crippen LogP contribution in [-0.4, -0.2) is 0 Å². The third kappa shape index (κ3) is 8.35. The predicted octanol–water partition coefficient (Wildman–Crippen LogP) is 7.70. The Hall–Kier alpha value is -2.34. The summed E-state index contributed by atoms with van der Waals surface area (Å²) in [6.45, 7) is 17.0. The fourth-order valence-corrected chi connectivity index (χ4v) is 2.37. The van der Waals surface area contributed by atoms with Crippen LogP contribution in [0.5, 0.6) is 0 Å². The van der Waals surface area contributed by atoms with Crippen LogP contribution < -0.4 is 0 Å². The fourth-order valence-electron chi connectivity index (χ4n) is 2.37. The largest absolute Gasteiger partial charge is 0.0958 e. The molecule has 0 atom stereocenters. The molecule has 1 aromatic carbocycles. The molecule has 1 aromatic rings. The Morgan fingerprint density at radius 3 is 2.20 bits per heavy atom. The first-order chi connectivity index (χ1) is 11.9. The molecule has 0 aliphatic rings. The number of hydrogen-bond acceptors (Lipinski definition) is 0. The Morgan fingerprint density at radius 2 is 1.60 bits per heavy atom. The lowest BCUT2D eigenvalue weighted by Crippen LogP contribution is -1.88. The zero-order valence-electron chi connectivity index (χ0n) is 16.3. The topological polar surface area (TPSA) is 0 Å². The Kier molecular flexibility index (Phi) is 9.32. The van der Waals surface area contributed by atoms with Crippen molar-refractivity contribution in [2.75, 3.05) is 0 Å². The standard InChI is InChI=1S/C25H32/c1-7-11-22(5)25(18-16-21(4)15-14-20(2)3)19-17-23(6)24-12-9-8-10-13-24/h7-13,16-20H,4,6,14-15H2,1-3,5H3. The van der Waals surface area contributed by atoms with Crippen LogP contribution in [0.2, 0.25) is 0 Å². The average Bonchev–Trinajstić information content (AvgIpc) is 2.60. The van der Waals surface area contributed by atoms with Crippen LogP contribution in [0.15, 0.2) is 96.7 Å². The summed E-state index contributed by atoms with van der Waals surface area (Å²) in [7, 11) is 0. The maximum Gasteiger partial charge on any atom is -0.0190 e. The van der Waals surface area contributed by atoms with Crippen molar-refractivity contribution in [3.05, 3.63) is 102 Å². The number of rotatable bonds is 9. The normalized spacial score (nSPS) is 13.2. The van der Waals surface area contributed by atoms with Gasteiger partial charge in [0, 0.05) is 0 Å². The van der Waals surface area contributed by atoms with Gasteiger partial charge in [-0.3, -0.25) is 0 Å². The lowest BCUT2D eigenvalue weighted by Gasteiger charge is -2.05. The summed E-state index contributed by atoms with van der Waals surface area (Å²) in [5.41, 5.74) is 5.74. The summed E-state index contributed by atoms with van der Waals surface area (Å²) in [6, 6.07) is 10.3. The zero-order valence-corrected chi connectivity index (χ0v) is 16.3.